The van der Waals surface area contributed by atoms with Crippen LogP contribution in [0.4, 0.5) is 10.6 Å². The van der Waals surface area contributed by atoms with E-state index >= 15 is 0 Å². The highest BCUT2D eigenvalue weighted by molar-refractivity contribution is 5.88. The summed E-state index contributed by atoms with van der Waals surface area (Å²) in [4.78, 5) is 18.2. The number of nitrogens with one attached hydrogen (secondary N) is 1. The molecule has 1 aromatic carbocycles. The highest BCUT2D eigenvalue weighted by Gasteiger charge is 2.32. The number of anilines is 1. The largest absolute Gasteiger partial charge is 0.491 e. The Bertz CT molecular complexity index is 1010. The normalized spacial score (nSPS) is 13.3. The van der Waals surface area contributed by atoms with Crippen LogP contribution >= 0.6 is 0 Å². The number of likely N-dealkylation sites (tertiary alicyclic amines) is 1. The third-order valence-electron chi connectivity index (χ3n) is 4.83. The SMILES string of the molecule is CCOCCOc1cccc(-c2ccc(OC3CN(C(=O)Nc4cccnn4)C3)nc2)c1. The number of hydrogen-bond donors (Lipinski definition) is 1. The maximum absolute atomic E-state index is 12.2. The molecule has 1 N–H and O–H groups in total. The van der Waals surface area contributed by atoms with Crippen LogP contribution in [-0.4, -0.2) is 65.1 Å². The summed E-state index contributed by atoms with van der Waals surface area (Å²) < 4.78 is 16.9. The number of aromatic nitrogens is 3. The van der Waals surface area contributed by atoms with Gasteiger partial charge in [-0.15, -0.1) is 5.10 Å². The number of rotatable bonds is 9. The molecule has 0 spiro atoms. The molecular formula is C23H25N5O4. The molecule has 9 heteroatoms. The minimum atomic E-state index is -0.225. The van der Waals surface area contributed by atoms with Gasteiger partial charge in [0.05, 0.1) is 19.7 Å². The molecule has 2 aromatic heterocycles. The van der Waals surface area contributed by atoms with Crippen LogP contribution < -0.4 is 14.8 Å². The van der Waals surface area contributed by atoms with Crippen molar-refractivity contribution in [1.82, 2.24) is 20.1 Å². The zero-order valence-electron chi connectivity index (χ0n) is 17.8. The Morgan fingerprint density at radius 1 is 1.12 bits per heavy atom. The molecule has 0 atom stereocenters. The molecule has 1 saturated heterocycles. The molecule has 1 aliphatic heterocycles. The number of carbonyl (C=O) groups excluding carboxylic acids is 1. The van der Waals surface area contributed by atoms with Crippen molar-refractivity contribution in [3.63, 3.8) is 0 Å². The molecule has 0 bridgehead atoms. The van der Waals surface area contributed by atoms with Gasteiger partial charge in [0.15, 0.2) is 5.82 Å². The first-order chi connectivity index (χ1) is 15.7. The minimum absolute atomic E-state index is 0.0944. The molecule has 0 aliphatic carbocycles. The summed E-state index contributed by atoms with van der Waals surface area (Å²) in [5, 5.41) is 10.3. The Morgan fingerprint density at radius 2 is 2.03 bits per heavy atom. The summed E-state index contributed by atoms with van der Waals surface area (Å²) in [5.41, 5.74) is 1.97. The monoisotopic (exact) mass is 435 g/mol. The number of carbonyl (C=O) groups is 1. The summed E-state index contributed by atoms with van der Waals surface area (Å²) in [6.07, 6.45) is 3.23. The second-order valence-corrected chi connectivity index (χ2v) is 7.14. The first-order valence-electron chi connectivity index (χ1n) is 10.5. The highest BCUT2D eigenvalue weighted by Crippen LogP contribution is 2.25. The Hall–Kier alpha value is -3.72. The molecule has 0 radical (unpaired) electrons. The molecule has 0 unspecified atom stereocenters. The van der Waals surface area contributed by atoms with Crippen molar-refractivity contribution in [2.45, 2.75) is 13.0 Å². The van der Waals surface area contributed by atoms with Crippen LogP contribution in [0.2, 0.25) is 0 Å². The highest BCUT2D eigenvalue weighted by atomic mass is 16.5. The first kappa shape index (κ1) is 21.5. The Labute approximate surface area is 186 Å². The standard InChI is InChI=1S/C23H25N5O4/c1-2-30-11-12-31-19-6-3-5-17(13-19)18-8-9-22(24-14-18)32-20-15-28(16-20)23(29)26-21-7-4-10-25-27-21/h3-10,13-14,20H,2,11-12,15-16H2,1H3,(H,26,27,29). The van der Waals surface area contributed by atoms with Crippen LogP contribution in [0.1, 0.15) is 6.92 Å². The summed E-state index contributed by atoms with van der Waals surface area (Å²) in [6, 6.07) is 14.8. The molecule has 32 heavy (non-hydrogen) atoms. The minimum Gasteiger partial charge on any atom is -0.491 e. The van der Waals surface area contributed by atoms with Gasteiger partial charge in [-0.05, 0) is 42.8 Å². The molecule has 166 valence electrons. The topological polar surface area (TPSA) is 98.7 Å². The van der Waals surface area contributed by atoms with E-state index in [0.717, 1.165) is 16.9 Å². The maximum Gasteiger partial charge on any atom is 0.323 e. The van der Waals surface area contributed by atoms with Crippen molar-refractivity contribution in [3.05, 3.63) is 60.9 Å². The van der Waals surface area contributed by atoms with E-state index in [1.807, 2.05) is 43.3 Å². The van der Waals surface area contributed by atoms with E-state index in [2.05, 4.69) is 20.5 Å². The molecule has 2 amide bonds. The third kappa shape index (κ3) is 5.70. The van der Waals surface area contributed by atoms with E-state index in [9.17, 15) is 4.79 Å². The second-order valence-electron chi connectivity index (χ2n) is 7.14. The van der Waals surface area contributed by atoms with Gasteiger partial charge in [0.25, 0.3) is 0 Å². The van der Waals surface area contributed by atoms with Crippen molar-refractivity contribution < 1.29 is 19.0 Å². The lowest BCUT2D eigenvalue weighted by molar-refractivity contribution is 0.0461. The Kier molecular flexibility index (Phi) is 7.08. The van der Waals surface area contributed by atoms with Gasteiger partial charge in [0.2, 0.25) is 5.88 Å². The van der Waals surface area contributed by atoms with Crippen LogP contribution in [0.5, 0.6) is 11.6 Å². The van der Waals surface area contributed by atoms with Crippen molar-refractivity contribution in [3.8, 4) is 22.8 Å². The van der Waals surface area contributed by atoms with Gasteiger partial charge in [-0.25, -0.2) is 9.78 Å². The van der Waals surface area contributed by atoms with Crippen molar-refractivity contribution >= 4 is 11.8 Å². The van der Waals surface area contributed by atoms with Crippen LogP contribution in [0.3, 0.4) is 0 Å². The van der Waals surface area contributed by atoms with Crippen molar-refractivity contribution in [2.75, 3.05) is 38.2 Å². The third-order valence-corrected chi connectivity index (χ3v) is 4.83. The quantitative estimate of drug-likeness (QED) is 0.515. The lowest BCUT2D eigenvalue weighted by Crippen LogP contribution is -2.57. The van der Waals surface area contributed by atoms with Gasteiger partial charge in [-0.3, -0.25) is 5.32 Å². The van der Waals surface area contributed by atoms with Gasteiger partial charge in [-0.1, -0.05) is 12.1 Å². The molecule has 1 fully saturated rings. The van der Waals surface area contributed by atoms with Gasteiger partial charge in [-0.2, -0.15) is 5.10 Å². The second kappa shape index (κ2) is 10.5. The van der Waals surface area contributed by atoms with Gasteiger partial charge in [0.1, 0.15) is 18.5 Å². The van der Waals surface area contributed by atoms with Crippen LogP contribution in [0.15, 0.2) is 60.9 Å². The lowest BCUT2D eigenvalue weighted by Gasteiger charge is -2.38. The lowest BCUT2D eigenvalue weighted by atomic mass is 10.1. The zero-order chi connectivity index (χ0) is 22.2. The average molecular weight is 435 g/mol. The van der Waals surface area contributed by atoms with Crippen LogP contribution in [-0.2, 0) is 4.74 Å². The van der Waals surface area contributed by atoms with Crippen molar-refractivity contribution in [1.29, 1.82) is 0 Å². The summed E-state index contributed by atoms with van der Waals surface area (Å²) >= 11 is 0. The van der Waals surface area contributed by atoms with E-state index in [4.69, 9.17) is 14.2 Å². The Balaban J connectivity index is 1.25. The average Bonchev–Trinajstić information content (AvgIpc) is 2.80. The maximum atomic E-state index is 12.2. The fraction of sp³-hybridized carbons (Fsp3) is 0.304. The summed E-state index contributed by atoms with van der Waals surface area (Å²) in [7, 11) is 0. The van der Waals surface area contributed by atoms with Gasteiger partial charge < -0.3 is 19.1 Å². The molecule has 4 rings (SSSR count). The molecule has 0 saturated carbocycles. The number of amides is 2. The number of benzene rings is 1. The first-order valence-corrected chi connectivity index (χ1v) is 10.5. The molecule has 3 heterocycles. The van der Waals surface area contributed by atoms with E-state index in [1.54, 1.807) is 29.4 Å². The van der Waals surface area contributed by atoms with Crippen LogP contribution in [0, 0.1) is 0 Å². The Morgan fingerprint density at radius 3 is 2.78 bits per heavy atom. The van der Waals surface area contributed by atoms with Crippen molar-refractivity contribution in [2.24, 2.45) is 0 Å². The number of nitrogens with zero attached hydrogens (tertiary/aromatic N) is 4. The summed E-state index contributed by atoms with van der Waals surface area (Å²) in [6.45, 7) is 4.68. The van der Waals surface area contributed by atoms with Crippen LogP contribution in [0.25, 0.3) is 11.1 Å². The molecule has 1 aliphatic rings. The number of ether oxygens (including phenoxy) is 3. The smallest absolute Gasteiger partial charge is 0.323 e. The van der Waals surface area contributed by atoms with Gasteiger partial charge >= 0.3 is 6.03 Å². The van der Waals surface area contributed by atoms with E-state index in [-0.39, 0.29) is 12.1 Å². The number of hydrogen-bond acceptors (Lipinski definition) is 7. The molecule has 3 aromatic rings. The zero-order valence-corrected chi connectivity index (χ0v) is 17.8. The summed E-state index contributed by atoms with van der Waals surface area (Å²) in [5.74, 6) is 1.73. The predicted molar refractivity (Wildman–Crippen MR) is 119 cm³/mol. The number of pyridine rings is 1. The van der Waals surface area contributed by atoms with Gasteiger partial charge in [0, 0.05) is 30.6 Å². The predicted octanol–water partition coefficient (Wildman–Crippen LogP) is 3.25. The fourth-order valence-corrected chi connectivity index (χ4v) is 3.16. The molecular weight excluding hydrogens is 410 g/mol. The van der Waals surface area contributed by atoms with E-state index in [1.165, 1.54) is 0 Å². The van der Waals surface area contributed by atoms with E-state index < -0.39 is 0 Å². The van der Waals surface area contributed by atoms with E-state index in [0.29, 0.717) is 44.6 Å². The molecule has 9 nitrogen and oxygen atoms in total. The fourth-order valence-electron chi connectivity index (χ4n) is 3.16. The number of urea groups is 1.